The highest BCUT2D eigenvalue weighted by molar-refractivity contribution is 6.30. The van der Waals surface area contributed by atoms with Gasteiger partial charge >= 0.3 is 12.2 Å². The fraction of sp³-hybridized carbons (Fsp3) is 0.375. The van der Waals surface area contributed by atoms with Gasteiger partial charge in [-0.2, -0.15) is 23.1 Å². The Bertz CT molecular complexity index is 780. The Morgan fingerprint density at radius 2 is 1.96 bits per heavy atom. The summed E-state index contributed by atoms with van der Waals surface area (Å²) >= 11 is 6.10. The van der Waals surface area contributed by atoms with Crippen LogP contribution in [0.1, 0.15) is 22.3 Å². The summed E-state index contributed by atoms with van der Waals surface area (Å²) in [5.74, 6) is 0.579. The van der Waals surface area contributed by atoms with Crippen molar-refractivity contribution in [3.05, 3.63) is 45.6 Å². The molecule has 2 heterocycles. The molecule has 128 valence electrons. The average molecular weight is 358 g/mol. The lowest BCUT2D eigenvalue weighted by Crippen LogP contribution is -2.32. The third-order valence-electron chi connectivity index (χ3n) is 4.07. The number of hydrogen-bond donors (Lipinski definition) is 0. The molecule has 0 amide bonds. The summed E-state index contributed by atoms with van der Waals surface area (Å²) in [7, 11) is 1.44. The third-order valence-corrected chi connectivity index (χ3v) is 4.44. The zero-order valence-electron chi connectivity index (χ0n) is 13.1. The molecule has 0 radical (unpaired) electrons. The van der Waals surface area contributed by atoms with Crippen molar-refractivity contribution in [1.29, 1.82) is 0 Å². The fourth-order valence-corrected chi connectivity index (χ4v) is 2.93. The number of benzene rings is 1. The molecule has 1 aromatic carbocycles. The van der Waals surface area contributed by atoms with E-state index >= 15 is 0 Å². The topological polar surface area (TPSA) is 38.2 Å². The molecule has 8 heteroatoms. The van der Waals surface area contributed by atoms with Crippen LogP contribution >= 0.6 is 11.6 Å². The van der Waals surface area contributed by atoms with Gasteiger partial charge in [0.15, 0.2) is 0 Å². The van der Waals surface area contributed by atoms with Gasteiger partial charge in [-0.05, 0) is 36.6 Å². The number of aromatic nitrogens is 2. The van der Waals surface area contributed by atoms with E-state index in [1.165, 1.54) is 13.2 Å². The van der Waals surface area contributed by atoms with Crippen molar-refractivity contribution in [1.82, 2.24) is 9.97 Å². The summed E-state index contributed by atoms with van der Waals surface area (Å²) in [6.07, 6.45) is -3.72. The van der Waals surface area contributed by atoms with E-state index in [1.54, 1.807) is 13.0 Å². The molecular formula is C16H15ClF3N3O. The van der Waals surface area contributed by atoms with Gasteiger partial charge in [0, 0.05) is 18.7 Å². The van der Waals surface area contributed by atoms with Gasteiger partial charge in [0.2, 0.25) is 0 Å². The van der Waals surface area contributed by atoms with Gasteiger partial charge in [-0.1, -0.05) is 17.7 Å². The number of nitrogens with zero attached hydrogens (tertiary/aromatic N) is 3. The molecule has 0 unspecified atom stereocenters. The number of fused-ring (bicyclic) bond motifs is 1. The van der Waals surface area contributed by atoms with E-state index in [2.05, 4.69) is 9.97 Å². The second-order valence-corrected chi connectivity index (χ2v) is 5.96. The SMILES string of the molecule is COc1nc(Cl)c(C)c(N2CCc3ccc(C(F)(F)F)cc3C2)n1. The zero-order chi connectivity index (χ0) is 17.5. The van der Waals surface area contributed by atoms with Crippen molar-refractivity contribution >= 4 is 17.4 Å². The number of ether oxygens (including phenoxy) is 1. The third kappa shape index (κ3) is 3.13. The molecule has 0 bridgehead atoms. The summed E-state index contributed by atoms with van der Waals surface area (Å²) in [5.41, 5.74) is 1.60. The van der Waals surface area contributed by atoms with Gasteiger partial charge < -0.3 is 9.64 Å². The van der Waals surface area contributed by atoms with Gasteiger partial charge in [0.1, 0.15) is 11.0 Å². The van der Waals surface area contributed by atoms with Crippen LogP contribution in [0, 0.1) is 6.92 Å². The predicted molar refractivity (Wildman–Crippen MR) is 84.5 cm³/mol. The van der Waals surface area contributed by atoms with Gasteiger partial charge in [-0.25, -0.2) is 0 Å². The Balaban J connectivity index is 1.96. The second-order valence-electron chi connectivity index (χ2n) is 5.60. The van der Waals surface area contributed by atoms with Crippen LogP contribution in [0.2, 0.25) is 5.15 Å². The quantitative estimate of drug-likeness (QED) is 0.761. The van der Waals surface area contributed by atoms with E-state index in [9.17, 15) is 13.2 Å². The van der Waals surface area contributed by atoms with Crippen LogP contribution in [0.4, 0.5) is 19.0 Å². The largest absolute Gasteiger partial charge is 0.467 e. The molecule has 4 nitrogen and oxygen atoms in total. The number of alkyl halides is 3. The minimum atomic E-state index is -4.35. The van der Waals surface area contributed by atoms with Crippen molar-refractivity contribution in [2.24, 2.45) is 0 Å². The van der Waals surface area contributed by atoms with Crippen LogP contribution in [-0.2, 0) is 19.1 Å². The van der Waals surface area contributed by atoms with Gasteiger partial charge in [0.05, 0.1) is 12.7 Å². The van der Waals surface area contributed by atoms with E-state index < -0.39 is 11.7 Å². The molecule has 0 N–H and O–H groups in total. The molecule has 2 aromatic rings. The van der Waals surface area contributed by atoms with Crippen LogP contribution in [0.3, 0.4) is 0 Å². The van der Waals surface area contributed by atoms with Crippen molar-refractivity contribution in [2.75, 3.05) is 18.6 Å². The molecule has 0 saturated heterocycles. The van der Waals surface area contributed by atoms with Gasteiger partial charge in [0.25, 0.3) is 0 Å². The number of anilines is 1. The molecule has 1 aromatic heterocycles. The monoisotopic (exact) mass is 357 g/mol. The first-order valence-corrected chi connectivity index (χ1v) is 7.69. The van der Waals surface area contributed by atoms with Crippen molar-refractivity contribution in [3.8, 4) is 6.01 Å². The maximum absolute atomic E-state index is 12.9. The number of hydrogen-bond acceptors (Lipinski definition) is 4. The first-order valence-electron chi connectivity index (χ1n) is 7.31. The lowest BCUT2D eigenvalue weighted by Gasteiger charge is -2.31. The number of rotatable bonds is 2. The van der Waals surface area contributed by atoms with E-state index in [1.807, 2.05) is 4.90 Å². The Morgan fingerprint density at radius 1 is 1.21 bits per heavy atom. The van der Waals surface area contributed by atoms with Crippen LogP contribution in [0.25, 0.3) is 0 Å². The van der Waals surface area contributed by atoms with E-state index in [0.717, 1.165) is 11.6 Å². The summed E-state index contributed by atoms with van der Waals surface area (Å²) in [4.78, 5) is 10.2. The molecule has 0 aliphatic carbocycles. The second kappa shape index (κ2) is 6.12. The first kappa shape index (κ1) is 16.8. The normalized spacial score (nSPS) is 14.5. The van der Waals surface area contributed by atoms with E-state index in [-0.39, 0.29) is 11.2 Å². The maximum atomic E-state index is 12.9. The minimum absolute atomic E-state index is 0.135. The predicted octanol–water partition coefficient (Wildman–Crippen LogP) is 4.03. The molecule has 1 aliphatic heterocycles. The van der Waals surface area contributed by atoms with Crippen LogP contribution in [0.15, 0.2) is 18.2 Å². The average Bonchev–Trinajstić information content (AvgIpc) is 2.55. The molecule has 0 fully saturated rings. The first-order chi connectivity index (χ1) is 11.3. The standard InChI is InChI=1S/C16H15ClF3N3O/c1-9-13(17)21-15(24-2)22-14(9)23-6-5-10-3-4-12(16(18,19)20)7-11(10)8-23/h3-4,7H,5-6,8H2,1-2H3. The van der Waals surface area contributed by atoms with Crippen molar-refractivity contribution in [3.63, 3.8) is 0 Å². The van der Waals surface area contributed by atoms with E-state index in [0.29, 0.717) is 36.5 Å². The van der Waals surface area contributed by atoms with Gasteiger partial charge in [-0.3, -0.25) is 0 Å². The van der Waals surface area contributed by atoms with Crippen molar-refractivity contribution in [2.45, 2.75) is 26.1 Å². The highest BCUT2D eigenvalue weighted by Crippen LogP contribution is 2.34. The van der Waals surface area contributed by atoms with Crippen LogP contribution in [-0.4, -0.2) is 23.6 Å². The molecule has 3 rings (SSSR count). The Morgan fingerprint density at radius 3 is 2.62 bits per heavy atom. The van der Waals surface area contributed by atoms with Gasteiger partial charge in [-0.15, -0.1) is 0 Å². The molecule has 1 aliphatic rings. The maximum Gasteiger partial charge on any atom is 0.416 e. The summed E-state index contributed by atoms with van der Waals surface area (Å²) in [6, 6.07) is 4.02. The van der Waals surface area contributed by atoms with E-state index in [4.69, 9.17) is 16.3 Å². The highest BCUT2D eigenvalue weighted by atomic mass is 35.5. The summed E-state index contributed by atoms with van der Waals surface area (Å²) < 4.78 is 43.8. The number of halogens is 4. The molecular weight excluding hydrogens is 343 g/mol. The summed E-state index contributed by atoms with van der Waals surface area (Å²) in [5, 5.41) is 0.270. The van der Waals surface area contributed by atoms with Crippen molar-refractivity contribution < 1.29 is 17.9 Å². The Hall–Kier alpha value is -2.02. The Labute approximate surface area is 142 Å². The molecule has 0 spiro atoms. The number of methoxy groups -OCH3 is 1. The summed E-state index contributed by atoms with van der Waals surface area (Å²) in [6.45, 7) is 2.74. The molecule has 0 atom stereocenters. The zero-order valence-corrected chi connectivity index (χ0v) is 13.9. The fourth-order valence-electron chi connectivity index (χ4n) is 2.77. The molecule has 24 heavy (non-hydrogen) atoms. The lowest BCUT2D eigenvalue weighted by molar-refractivity contribution is -0.137. The van der Waals surface area contributed by atoms with Crippen LogP contribution in [0.5, 0.6) is 6.01 Å². The molecule has 0 saturated carbocycles. The lowest BCUT2D eigenvalue weighted by atomic mass is 9.97. The Kier molecular flexibility index (Phi) is 4.29. The smallest absolute Gasteiger partial charge is 0.416 e. The van der Waals surface area contributed by atoms with Crippen LogP contribution < -0.4 is 9.64 Å². The highest BCUT2D eigenvalue weighted by Gasteiger charge is 2.32. The minimum Gasteiger partial charge on any atom is -0.467 e.